The van der Waals surface area contributed by atoms with E-state index in [-0.39, 0.29) is 0 Å². The van der Waals surface area contributed by atoms with Crippen LogP contribution in [0.1, 0.15) is 31.2 Å². The Hall–Kier alpha value is -1.18. The van der Waals surface area contributed by atoms with Gasteiger partial charge in [0.2, 0.25) is 0 Å². The Morgan fingerprint density at radius 3 is 2.80 bits per heavy atom. The summed E-state index contributed by atoms with van der Waals surface area (Å²) in [4.78, 5) is 0. The van der Waals surface area contributed by atoms with Crippen LogP contribution in [0, 0.1) is 12.8 Å². The van der Waals surface area contributed by atoms with Gasteiger partial charge in [0.1, 0.15) is 5.75 Å². The van der Waals surface area contributed by atoms with E-state index in [1.54, 1.807) is 0 Å². The van der Waals surface area contributed by atoms with E-state index in [9.17, 15) is 0 Å². The molecule has 0 aliphatic heterocycles. The molecular weight excluding hydrogens is 186 g/mol. The number of nitrogen functional groups attached to an aromatic ring is 1. The lowest BCUT2D eigenvalue weighted by molar-refractivity contribution is 0.251. The van der Waals surface area contributed by atoms with Crippen LogP contribution in [0.3, 0.4) is 0 Å². The Balaban J connectivity index is 1.95. The van der Waals surface area contributed by atoms with Crippen molar-refractivity contribution in [3.05, 3.63) is 23.8 Å². The Bertz CT molecular complexity index is 329. The van der Waals surface area contributed by atoms with Crippen molar-refractivity contribution in [2.45, 2.75) is 32.6 Å². The van der Waals surface area contributed by atoms with Crippen LogP contribution >= 0.6 is 0 Å². The average Bonchev–Trinajstić information content (AvgIpc) is 2.73. The maximum atomic E-state index is 5.82. The lowest BCUT2D eigenvalue weighted by Gasteiger charge is -2.14. The van der Waals surface area contributed by atoms with Crippen LogP contribution in [0.5, 0.6) is 5.75 Å². The van der Waals surface area contributed by atoms with E-state index in [1.165, 1.54) is 25.7 Å². The number of ether oxygens (including phenoxy) is 1. The average molecular weight is 205 g/mol. The normalized spacial score (nSPS) is 16.9. The lowest BCUT2D eigenvalue weighted by Crippen LogP contribution is -2.09. The van der Waals surface area contributed by atoms with Crippen molar-refractivity contribution in [3.63, 3.8) is 0 Å². The SMILES string of the molecule is Cc1c(N)cccc1OCC1CCCC1. The topological polar surface area (TPSA) is 35.2 Å². The summed E-state index contributed by atoms with van der Waals surface area (Å²) in [5, 5.41) is 0. The quantitative estimate of drug-likeness (QED) is 0.769. The van der Waals surface area contributed by atoms with Crippen molar-refractivity contribution < 1.29 is 4.74 Å². The molecule has 0 amide bonds. The third kappa shape index (κ3) is 2.44. The summed E-state index contributed by atoms with van der Waals surface area (Å²) in [6.45, 7) is 2.86. The minimum Gasteiger partial charge on any atom is -0.493 e. The molecule has 0 atom stereocenters. The fourth-order valence-electron chi connectivity index (χ4n) is 2.17. The Morgan fingerprint density at radius 1 is 1.33 bits per heavy atom. The highest BCUT2D eigenvalue weighted by Gasteiger charge is 2.15. The van der Waals surface area contributed by atoms with E-state index in [4.69, 9.17) is 10.5 Å². The first-order chi connectivity index (χ1) is 7.27. The minimum atomic E-state index is 0.755. The molecule has 0 radical (unpaired) electrons. The van der Waals surface area contributed by atoms with Gasteiger partial charge in [-0.1, -0.05) is 18.9 Å². The second-order valence-electron chi connectivity index (χ2n) is 4.43. The van der Waals surface area contributed by atoms with Crippen LogP contribution in [0.2, 0.25) is 0 Å². The van der Waals surface area contributed by atoms with Gasteiger partial charge in [0.05, 0.1) is 6.61 Å². The predicted molar refractivity (Wildman–Crippen MR) is 63.0 cm³/mol. The van der Waals surface area contributed by atoms with E-state index in [0.29, 0.717) is 0 Å². The molecule has 2 N–H and O–H groups in total. The minimum absolute atomic E-state index is 0.755. The zero-order valence-corrected chi connectivity index (χ0v) is 9.33. The van der Waals surface area contributed by atoms with Crippen LogP contribution in [0.25, 0.3) is 0 Å². The highest BCUT2D eigenvalue weighted by molar-refractivity contribution is 5.53. The number of benzene rings is 1. The van der Waals surface area contributed by atoms with Crippen molar-refractivity contribution in [1.82, 2.24) is 0 Å². The number of anilines is 1. The van der Waals surface area contributed by atoms with E-state index in [2.05, 4.69) is 0 Å². The summed E-state index contributed by atoms with van der Waals surface area (Å²) < 4.78 is 5.82. The molecule has 1 aliphatic carbocycles. The fourth-order valence-corrected chi connectivity index (χ4v) is 2.17. The summed E-state index contributed by atoms with van der Waals surface area (Å²) in [7, 11) is 0. The van der Waals surface area contributed by atoms with Crippen molar-refractivity contribution in [1.29, 1.82) is 0 Å². The van der Waals surface area contributed by atoms with Crippen LogP contribution in [-0.2, 0) is 0 Å². The third-order valence-corrected chi connectivity index (χ3v) is 3.28. The molecular formula is C13H19NO. The molecule has 1 fully saturated rings. The molecule has 0 spiro atoms. The highest BCUT2D eigenvalue weighted by Crippen LogP contribution is 2.28. The first-order valence-corrected chi connectivity index (χ1v) is 5.75. The van der Waals surface area contributed by atoms with E-state index in [0.717, 1.165) is 29.5 Å². The van der Waals surface area contributed by atoms with Crippen LogP contribution < -0.4 is 10.5 Å². The number of hydrogen-bond donors (Lipinski definition) is 1. The Kier molecular flexibility index (Phi) is 3.14. The fraction of sp³-hybridized carbons (Fsp3) is 0.538. The molecule has 1 aliphatic rings. The Morgan fingerprint density at radius 2 is 2.07 bits per heavy atom. The third-order valence-electron chi connectivity index (χ3n) is 3.28. The standard InChI is InChI=1S/C13H19NO/c1-10-12(14)7-4-8-13(10)15-9-11-5-2-3-6-11/h4,7-8,11H,2-3,5-6,9,14H2,1H3. The molecule has 2 heteroatoms. The van der Waals surface area contributed by atoms with Gasteiger partial charge in [0.25, 0.3) is 0 Å². The van der Waals surface area contributed by atoms with Gasteiger partial charge in [-0.05, 0) is 37.8 Å². The first kappa shape index (κ1) is 10.3. The molecule has 1 saturated carbocycles. The zero-order valence-electron chi connectivity index (χ0n) is 9.33. The molecule has 0 aromatic heterocycles. The van der Waals surface area contributed by atoms with Gasteiger partial charge in [-0.3, -0.25) is 0 Å². The monoisotopic (exact) mass is 205 g/mol. The van der Waals surface area contributed by atoms with E-state index in [1.807, 2.05) is 25.1 Å². The van der Waals surface area contributed by atoms with Gasteiger partial charge in [-0.2, -0.15) is 0 Å². The van der Waals surface area contributed by atoms with Crippen LogP contribution in [0.4, 0.5) is 5.69 Å². The van der Waals surface area contributed by atoms with E-state index < -0.39 is 0 Å². The van der Waals surface area contributed by atoms with Gasteiger partial charge in [-0.15, -0.1) is 0 Å². The highest BCUT2D eigenvalue weighted by atomic mass is 16.5. The molecule has 1 aromatic carbocycles. The molecule has 0 unspecified atom stereocenters. The predicted octanol–water partition coefficient (Wildman–Crippen LogP) is 3.15. The maximum absolute atomic E-state index is 5.82. The molecule has 0 bridgehead atoms. The van der Waals surface area contributed by atoms with Gasteiger partial charge >= 0.3 is 0 Å². The summed E-state index contributed by atoms with van der Waals surface area (Å²) in [6.07, 6.45) is 5.37. The molecule has 2 nitrogen and oxygen atoms in total. The van der Waals surface area contributed by atoms with Crippen LogP contribution in [0.15, 0.2) is 18.2 Å². The molecule has 1 aromatic rings. The largest absolute Gasteiger partial charge is 0.493 e. The molecule has 82 valence electrons. The van der Waals surface area contributed by atoms with Gasteiger partial charge in [-0.25, -0.2) is 0 Å². The summed E-state index contributed by atoms with van der Waals surface area (Å²) >= 11 is 0. The maximum Gasteiger partial charge on any atom is 0.124 e. The zero-order chi connectivity index (χ0) is 10.7. The summed E-state index contributed by atoms with van der Waals surface area (Å²) in [5.74, 6) is 1.70. The molecule has 2 rings (SSSR count). The smallest absolute Gasteiger partial charge is 0.124 e. The molecule has 0 saturated heterocycles. The second-order valence-corrected chi connectivity index (χ2v) is 4.43. The van der Waals surface area contributed by atoms with Crippen molar-refractivity contribution in [3.8, 4) is 5.75 Å². The summed E-state index contributed by atoms with van der Waals surface area (Å²) in [5.41, 5.74) is 7.71. The van der Waals surface area contributed by atoms with E-state index >= 15 is 0 Å². The second kappa shape index (κ2) is 4.56. The number of hydrogen-bond acceptors (Lipinski definition) is 2. The van der Waals surface area contributed by atoms with Gasteiger partial charge < -0.3 is 10.5 Å². The lowest BCUT2D eigenvalue weighted by atomic mass is 10.1. The molecule has 0 heterocycles. The van der Waals surface area contributed by atoms with Crippen molar-refractivity contribution in [2.24, 2.45) is 5.92 Å². The van der Waals surface area contributed by atoms with Crippen molar-refractivity contribution in [2.75, 3.05) is 12.3 Å². The molecule has 15 heavy (non-hydrogen) atoms. The first-order valence-electron chi connectivity index (χ1n) is 5.75. The van der Waals surface area contributed by atoms with Crippen molar-refractivity contribution >= 4 is 5.69 Å². The van der Waals surface area contributed by atoms with Gasteiger partial charge in [0.15, 0.2) is 0 Å². The number of nitrogens with two attached hydrogens (primary N) is 1. The Labute approximate surface area is 91.4 Å². The van der Waals surface area contributed by atoms with Gasteiger partial charge in [0, 0.05) is 11.3 Å². The van der Waals surface area contributed by atoms with Crippen LogP contribution in [-0.4, -0.2) is 6.61 Å². The number of rotatable bonds is 3. The summed E-state index contributed by atoms with van der Waals surface area (Å²) in [6, 6.07) is 5.87.